The van der Waals surface area contributed by atoms with Gasteiger partial charge in [-0.05, 0) is 31.2 Å². The van der Waals surface area contributed by atoms with Gasteiger partial charge in [-0.3, -0.25) is 4.79 Å². The molecule has 0 atom stereocenters. The Balaban J connectivity index is 1.68. The molecular formula is C19H25N3O4S. The summed E-state index contributed by atoms with van der Waals surface area (Å²) >= 11 is 1.48. The quantitative estimate of drug-likeness (QED) is 0.782. The second-order valence-electron chi connectivity index (χ2n) is 7.72. The van der Waals surface area contributed by atoms with Gasteiger partial charge in [-0.2, -0.15) is 4.98 Å². The summed E-state index contributed by atoms with van der Waals surface area (Å²) in [6.45, 7) is 6.00. The Kier molecular flexibility index (Phi) is 5.64. The fourth-order valence-electron chi connectivity index (χ4n) is 3.04. The number of nitrogens with zero attached hydrogens (tertiary/aromatic N) is 2. The summed E-state index contributed by atoms with van der Waals surface area (Å²) in [7, 11) is 1.36. The summed E-state index contributed by atoms with van der Waals surface area (Å²) in [6, 6.07) is 0. The maximum absolute atomic E-state index is 12.4. The molecule has 1 amide bonds. The lowest BCUT2D eigenvalue weighted by molar-refractivity contribution is -0.116. The standard InChI is InChI=1S/C19H25N3O4S/c1-19(2,3)18-21-14(26-22-18)10-9-13(23)20-16-15(17(24)25-4)11-7-5-6-8-12(11)27-16/h5-10H2,1-4H3,(H,20,23). The first-order valence-corrected chi connectivity index (χ1v) is 9.97. The molecule has 0 saturated carbocycles. The molecule has 7 nitrogen and oxygen atoms in total. The van der Waals surface area contributed by atoms with Crippen molar-refractivity contribution >= 4 is 28.2 Å². The molecule has 0 unspecified atom stereocenters. The van der Waals surface area contributed by atoms with Crippen LogP contribution in [0.25, 0.3) is 0 Å². The summed E-state index contributed by atoms with van der Waals surface area (Å²) in [5.41, 5.74) is 1.34. The largest absolute Gasteiger partial charge is 0.465 e. The fraction of sp³-hybridized carbons (Fsp3) is 0.579. The molecule has 2 aromatic heterocycles. The van der Waals surface area contributed by atoms with Crippen molar-refractivity contribution < 1.29 is 18.8 Å². The maximum atomic E-state index is 12.4. The van der Waals surface area contributed by atoms with E-state index in [1.165, 1.54) is 23.3 Å². The number of hydrogen-bond acceptors (Lipinski definition) is 7. The molecule has 1 aliphatic rings. The molecule has 0 bridgehead atoms. The number of esters is 1. The molecule has 0 aliphatic heterocycles. The van der Waals surface area contributed by atoms with Gasteiger partial charge in [-0.1, -0.05) is 25.9 Å². The molecule has 0 fully saturated rings. The highest BCUT2D eigenvalue weighted by Gasteiger charge is 2.27. The van der Waals surface area contributed by atoms with E-state index in [1.807, 2.05) is 20.8 Å². The molecule has 8 heteroatoms. The van der Waals surface area contributed by atoms with Crippen LogP contribution in [0.4, 0.5) is 5.00 Å². The summed E-state index contributed by atoms with van der Waals surface area (Å²) in [6.07, 6.45) is 4.51. The number of thiophene rings is 1. The van der Waals surface area contributed by atoms with Gasteiger partial charge in [0.25, 0.3) is 0 Å². The van der Waals surface area contributed by atoms with Gasteiger partial charge in [0.1, 0.15) is 5.00 Å². The van der Waals surface area contributed by atoms with Crippen molar-refractivity contribution in [3.63, 3.8) is 0 Å². The van der Waals surface area contributed by atoms with Crippen LogP contribution in [0.1, 0.15) is 72.5 Å². The van der Waals surface area contributed by atoms with E-state index in [1.54, 1.807) is 0 Å². The van der Waals surface area contributed by atoms with Crippen LogP contribution in [0.2, 0.25) is 0 Å². The molecule has 2 heterocycles. The number of amides is 1. The topological polar surface area (TPSA) is 94.3 Å². The predicted octanol–water partition coefficient (Wildman–Crippen LogP) is 3.67. The lowest BCUT2D eigenvalue weighted by Gasteiger charge is -2.11. The van der Waals surface area contributed by atoms with Crippen LogP contribution in [0.15, 0.2) is 4.52 Å². The smallest absolute Gasteiger partial charge is 0.341 e. The van der Waals surface area contributed by atoms with Crippen molar-refractivity contribution in [1.29, 1.82) is 0 Å². The highest BCUT2D eigenvalue weighted by atomic mass is 32.1. The molecule has 146 valence electrons. The van der Waals surface area contributed by atoms with Crippen molar-refractivity contribution in [3.05, 3.63) is 27.7 Å². The van der Waals surface area contributed by atoms with E-state index in [9.17, 15) is 9.59 Å². The Bertz CT molecular complexity index is 848. The monoisotopic (exact) mass is 391 g/mol. The molecule has 0 aromatic carbocycles. The molecule has 3 rings (SSSR count). The van der Waals surface area contributed by atoms with Crippen LogP contribution >= 0.6 is 11.3 Å². The van der Waals surface area contributed by atoms with Gasteiger partial charge >= 0.3 is 5.97 Å². The summed E-state index contributed by atoms with van der Waals surface area (Å²) < 4.78 is 10.2. The number of rotatable bonds is 5. The minimum atomic E-state index is -0.392. The second-order valence-corrected chi connectivity index (χ2v) is 8.82. The zero-order valence-electron chi connectivity index (χ0n) is 16.2. The van der Waals surface area contributed by atoms with Gasteiger partial charge in [0, 0.05) is 23.1 Å². The first kappa shape index (κ1) is 19.5. The number of methoxy groups -OCH3 is 1. The van der Waals surface area contributed by atoms with Crippen LogP contribution < -0.4 is 5.32 Å². The molecule has 1 N–H and O–H groups in total. The van der Waals surface area contributed by atoms with Gasteiger partial charge in [-0.15, -0.1) is 11.3 Å². The highest BCUT2D eigenvalue weighted by Crippen LogP contribution is 2.38. The molecule has 27 heavy (non-hydrogen) atoms. The minimum absolute atomic E-state index is 0.186. The number of aromatic nitrogens is 2. The second kappa shape index (κ2) is 7.80. The number of aryl methyl sites for hydroxylation is 2. The Labute approximate surface area is 162 Å². The predicted molar refractivity (Wildman–Crippen MR) is 102 cm³/mol. The zero-order valence-corrected chi connectivity index (χ0v) is 17.0. The van der Waals surface area contributed by atoms with E-state index in [0.29, 0.717) is 28.7 Å². The molecule has 1 aliphatic carbocycles. The van der Waals surface area contributed by atoms with Gasteiger partial charge in [0.15, 0.2) is 5.82 Å². The third kappa shape index (κ3) is 4.37. The first-order chi connectivity index (χ1) is 12.8. The molecule has 0 saturated heterocycles. The third-order valence-corrected chi connectivity index (χ3v) is 5.73. The van der Waals surface area contributed by atoms with Crippen LogP contribution in [-0.2, 0) is 34.2 Å². The van der Waals surface area contributed by atoms with Crippen LogP contribution in [-0.4, -0.2) is 29.1 Å². The van der Waals surface area contributed by atoms with Crippen LogP contribution in [0.5, 0.6) is 0 Å². The number of ether oxygens (including phenoxy) is 1. The van der Waals surface area contributed by atoms with Crippen molar-refractivity contribution in [2.24, 2.45) is 0 Å². The number of nitrogens with one attached hydrogen (secondary N) is 1. The first-order valence-electron chi connectivity index (χ1n) is 9.15. The van der Waals surface area contributed by atoms with Crippen molar-refractivity contribution in [3.8, 4) is 0 Å². The van der Waals surface area contributed by atoms with Gasteiger partial charge in [-0.25, -0.2) is 4.79 Å². The molecule has 2 aromatic rings. The molecule has 0 spiro atoms. The maximum Gasteiger partial charge on any atom is 0.341 e. The number of fused-ring (bicyclic) bond motifs is 1. The van der Waals surface area contributed by atoms with E-state index in [0.717, 1.165) is 31.2 Å². The third-order valence-electron chi connectivity index (χ3n) is 4.52. The number of anilines is 1. The van der Waals surface area contributed by atoms with E-state index in [-0.39, 0.29) is 17.7 Å². The summed E-state index contributed by atoms with van der Waals surface area (Å²) in [5, 5.41) is 7.43. The van der Waals surface area contributed by atoms with Gasteiger partial charge in [0.2, 0.25) is 11.8 Å². The van der Waals surface area contributed by atoms with Crippen molar-refractivity contribution in [2.75, 3.05) is 12.4 Å². The summed E-state index contributed by atoms with van der Waals surface area (Å²) in [4.78, 5) is 30.2. The summed E-state index contributed by atoms with van der Waals surface area (Å²) in [5.74, 6) is 0.483. The highest BCUT2D eigenvalue weighted by molar-refractivity contribution is 7.17. The van der Waals surface area contributed by atoms with E-state index >= 15 is 0 Å². The van der Waals surface area contributed by atoms with Crippen molar-refractivity contribution in [2.45, 2.75) is 64.7 Å². The van der Waals surface area contributed by atoms with Crippen LogP contribution in [0.3, 0.4) is 0 Å². The zero-order chi connectivity index (χ0) is 19.6. The van der Waals surface area contributed by atoms with E-state index in [4.69, 9.17) is 9.26 Å². The number of carbonyl (C=O) groups is 2. The fourth-order valence-corrected chi connectivity index (χ4v) is 4.34. The minimum Gasteiger partial charge on any atom is -0.465 e. The Morgan fingerprint density at radius 2 is 2.00 bits per heavy atom. The SMILES string of the molecule is COC(=O)c1c(NC(=O)CCc2nc(C(C)(C)C)no2)sc2c1CCCC2. The number of carbonyl (C=O) groups excluding carboxylic acids is 2. The van der Waals surface area contributed by atoms with Gasteiger partial charge in [0.05, 0.1) is 12.7 Å². The molecule has 0 radical (unpaired) electrons. The molecular weight excluding hydrogens is 366 g/mol. The van der Waals surface area contributed by atoms with E-state index < -0.39 is 5.97 Å². The average molecular weight is 391 g/mol. The Hall–Kier alpha value is -2.22. The lowest BCUT2D eigenvalue weighted by Crippen LogP contribution is -2.15. The lowest BCUT2D eigenvalue weighted by atomic mass is 9.95. The van der Waals surface area contributed by atoms with E-state index in [2.05, 4.69) is 15.5 Å². The van der Waals surface area contributed by atoms with Crippen LogP contribution in [0, 0.1) is 0 Å². The van der Waals surface area contributed by atoms with Gasteiger partial charge < -0.3 is 14.6 Å². The van der Waals surface area contributed by atoms with Crippen molar-refractivity contribution in [1.82, 2.24) is 10.1 Å². The average Bonchev–Trinajstić information content (AvgIpc) is 3.23. The Morgan fingerprint density at radius 3 is 2.67 bits per heavy atom. The Morgan fingerprint density at radius 1 is 1.26 bits per heavy atom. The number of hydrogen-bond donors (Lipinski definition) is 1. The normalized spacial score (nSPS) is 13.9.